The van der Waals surface area contributed by atoms with Crippen LogP contribution in [0.2, 0.25) is 0 Å². The largest absolute Gasteiger partial charge is 0.292 e. The van der Waals surface area contributed by atoms with Gasteiger partial charge in [-0.05, 0) is 42.4 Å². The molecule has 1 fully saturated rings. The van der Waals surface area contributed by atoms with Gasteiger partial charge in [0, 0.05) is 5.56 Å². The lowest BCUT2D eigenvalue weighted by molar-refractivity contribution is -0.129. The van der Waals surface area contributed by atoms with Gasteiger partial charge in [-0.1, -0.05) is 61.4 Å². The van der Waals surface area contributed by atoms with E-state index in [1.807, 2.05) is 42.5 Å². The Morgan fingerprint density at radius 3 is 2.54 bits per heavy atom. The van der Waals surface area contributed by atoms with Crippen molar-refractivity contribution in [1.29, 1.82) is 0 Å². The van der Waals surface area contributed by atoms with Gasteiger partial charge in [0.2, 0.25) is 5.91 Å². The number of amides is 2. The molecule has 2 atom stereocenters. The highest BCUT2D eigenvalue weighted by molar-refractivity contribution is 6.13. The van der Waals surface area contributed by atoms with E-state index in [1.165, 1.54) is 5.56 Å². The highest BCUT2D eigenvalue weighted by atomic mass is 16.2. The average molecular weight is 319 g/mol. The molecule has 4 rings (SSSR count). The lowest BCUT2D eigenvalue weighted by Crippen LogP contribution is -2.57. The van der Waals surface area contributed by atoms with Crippen LogP contribution in [0.15, 0.2) is 54.6 Å². The van der Waals surface area contributed by atoms with Crippen molar-refractivity contribution in [3.63, 3.8) is 0 Å². The summed E-state index contributed by atoms with van der Waals surface area (Å²) in [6, 6.07) is 18.0. The van der Waals surface area contributed by atoms with E-state index in [2.05, 4.69) is 17.4 Å². The molecule has 2 aliphatic rings. The van der Waals surface area contributed by atoms with Gasteiger partial charge < -0.3 is 0 Å². The number of carbonyl (C=O) groups is 2. The molecule has 1 N–H and O–H groups in total. The van der Waals surface area contributed by atoms with Crippen molar-refractivity contribution >= 4 is 11.8 Å². The van der Waals surface area contributed by atoms with Crippen LogP contribution in [-0.2, 0) is 16.6 Å². The minimum atomic E-state index is -0.571. The molecule has 3 nitrogen and oxygen atoms in total. The number of rotatable bonds is 2. The second-order valence-electron chi connectivity index (χ2n) is 6.93. The van der Waals surface area contributed by atoms with E-state index >= 15 is 0 Å². The van der Waals surface area contributed by atoms with Crippen molar-refractivity contribution in [1.82, 2.24) is 5.32 Å². The fourth-order valence-electron chi connectivity index (χ4n) is 4.55. The van der Waals surface area contributed by atoms with Crippen LogP contribution in [0.1, 0.15) is 47.2 Å². The Hall–Kier alpha value is -2.42. The smallest absolute Gasteiger partial charge is 0.258 e. The van der Waals surface area contributed by atoms with Gasteiger partial charge in [0.1, 0.15) is 0 Å². The first-order valence-corrected chi connectivity index (χ1v) is 8.71. The lowest BCUT2D eigenvalue weighted by atomic mass is 9.58. The number of hydrogen-bond acceptors (Lipinski definition) is 2. The fourth-order valence-corrected chi connectivity index (χ4v) is 4.55. The molecule has 122 valence electrons. The maximum absolute atomic E-state index is 13.0. The van der Waals surface area contributed by atoms with Gasteiger partial charge in [-0.25, -0.2) is 0 Å². The van der Waals surface area contributed by atoms with Gasteiger partial charge >= 0.3 is 0 Å². The molecule has 0 bridgehead atoms. The Kier molecular flexibility index (Phi) is 3.72. The summed E-state index contributed by atoms with van der Waals surface area (Å²) in [4.78, 5) is 25.3. The summed E-state index contributed by atoms with van der Waals surface area (Å²) in [5.41, 5.74) is 2.28. The first-order chi connectivity index (χ1) is 11.7. The van der Waals surface area contributed by atoms with Gasteiger partial charge in [0.05, 0.1) is 5.41 Å². The molecule has 1 heterocycles. The molecular formula is C21H21NO2. The van der Waals surface area contributed by atoms with Crippen LogP contribution in [0.25, 0.3) is 0 Å². The minimum absolute atomic E-state index is 0.105. The monoisotopic (exact) mass is 319 g/mol. The van der Waals surface area contributed by atoms with Gasteiger partial charge in [-0.2, -0.15) is 0 Å². The Labute approximate surface area is 142 Å². The van der Waals surface area contributed by atoms with Crippen LogP contribution in [0, 0.1) is 5.92 Å². The summed E-state index contributed by atoms with van der Waals surface area (Å²) >= 11 is 0. The Morgan fingerprint density at radius 1 is 0.958 bits per heavy atom. The minimum Gasteiger partial charge on any atom is -0.292 e. The zero-order chi connectivity index (χ0) is 16.6. The Balaban J connectivity index is 1.81. The molecule has 1 spiro atoms. The predicted molar refractivity (Wildman–Crippen MR) is 92.7 cm³/mol. The normalized spacial score (nSPS) is 26.1. The van der Waals surface area contributed by atoms with E-state index in [0.29, 0.717) is 5.56 Å². The van der Waals surface area contributed by atoms with E-state index in [4.69, 9.17) is 0 Å². The molecule has 24 heavy (non-hydrogen) atoms. The number of hydrogen-bond donors (Lipinski definition) is 1. The Morgan fingerprint density at radius 2 is 1.71 bits per heavy atom. The first-order valence-electron chi connectivity index (χ1n) is 8.71. The van der Waals surface area contributed by atoms with Crippen LogP contribution in [0.4, 0.5) is 0 Å². The van der Waals surface area contributed by atoms with Gasteiger partial charge in [-0.3, -0.25) is 14.9 Å². The van der Waals surface area contributed by atoms with E-state index in [0.717, 1.165) is 37.7 Å². The number of nitrogens with one attached hydrogen (secondary N) is 1. The first kappa shape index (κ1) is 15.1. The molecule has 2 aromatic carbocycles. The molecule has 1 aliphatic carbocycles. The summed E-state index contributed by atoms with van der Waals surface area (Å²) in [6.07, 6.45) is 4.88. The third-order valence-electron chi connectivity index (χ3n) is 5.68. The molecule has 0 radical (unpaired) electrons. The topological polar surface area (TPSA) is 46.2 Å². The Bertz CT molecular complexity index is 783. The zero-order valence-corrected chi connectivity index (χ0v) is 13.6. The fraction of sp³-hybridized carbons (Fsp3) is 0.333. The second-order valence-corrected chi connectivity index (χ2v) is 6.93. The molecule has 0 aromatic heterocycles. The highest BCUT2D eigenvalue weighted by Crippen LogP contribution is 2.48. The second kappa shape index (κ2) is 5.90. The SMILES string of the molecule is O=C1NC(=O)C2(CCCCC2Cc2ccccc2)c2ccccc21. The van der Waals surface area contributed by atoms with Crippen LogP contribution < -0.4 is 5.32 Å². The van der Waals surface area contributed by atoms with Crippen LogP contribution >= 0.6 is 0 Å². The van der Waals surface area contributed by atoms with E-state index in [1.54, 1.807) is 0 Å². The number of fused-ring (bicyclic) bond motifs is 2. The molecule has 2 amide bonds. The third kappa shape index (κ3) is 2.27. The van der Waals surface area contributed by atoms with Crippen molar-refractivity contribution in [2.24, 2.45) is 5.92 Å². The van der Waals surface area contributed by atoms with Gasteiger partial charge in [0.25, 0.3) is 5.91 Å². The summed E-state index contributed by atoms with van der Waals surface area (Å²) < 4.78 is 0. The molecule has 0 saturated heterocycles. The quantitative estimate of drug-likeness (QED) is 0.859. The maximum Gasteiger partial charge on any atom is 0.258 e. The van der Waals surface area contributed by atoms with Crippen molar-refractivity contribution < 1.29 is 9.59 Å². The lowest BCUT2D eigenvalue weighted by Gasteiger charge is -2.46. The molecule has 2 unspecified atom stereocenters. The van der Waals surface area contributed by atoms with E-state index in [-0.39, 0.29) is 17.7 Å². The van der Waals surface area contributed by atoms with Gasteiger partial charge in [-0.15, -0.1) is 0 Å². The van der Waals surface area contributed by atoms with E-state index < -0.39 is 5.41 Å². The predicted octanol–water partition coefficient (Wildman–Crippen LogP) is 3.63. The summed E-state index contributed by atoms with van der Waals surface area (Å²) in [5, 5.41) is 2.63. The number of imide groups is 1. The maximum atomic E-state index is 13.0. The summed E-state index contributed by atoms with van der Waals surface area (Å²) in [6.45, 7) is 0. The summed E-state index contributed by atoms with van der Waals surface area (Å²) in [7, 11) is 0. The molecule has 1 aliphatic heterocycles. The van der Waals surface area contributed by atoms with E-state index in [9.17, 15) is 9.59 Å². The van der Waals surface area contributed by atoms with Crippen molar-refractivity contribution in [3.05, 3.63) is 71.3 Å². The summed E-state index contributed by atoms with van der Waals surface area (Å²) in [5.74, 6) is -0.139. The highest BCUT2D eigenvalue weighted by Gasteiger charge is 2.52. The van der Waals surface area contributed by atoms with Crippen LogP contribution in [0.3, 0.4) is 0 Å². The molecular weight excluding hydrogens is 298 g/mol. The van der Waals surface area contributed by atoms with Crippen molar-refractivity contribution in [2.75, 3.05) is 0 Å². The van der Waals surface area contributed by atoms with Crippen LogP contribution in [-0.4, -0.2) is 11.8 Å². The van der Waals surface area contributed by atoms with Crippen molar-refractivity contribution in [2.45, 2.75) is 37.5 Å². The third-order valence-corrected chi connectivity index (χ3v) is 5.68. The molecule has 1 saturated carbocycles. The molecule has 3 heteroatoms. The van der Waals surface area contributed by atoms with Crippen LogP contribution in [0.5, 0.6) is 0 Å². The standard InChI is InChI=1S/C21H21NO2/c23-19-17-11-4-5-12-18(17)21(20(24)22-19)13-7-6-10-16(21)14-15-8-2-1-3-9-15/h1-5,8-9,11-12,16H,6-7,10,13-14H2,(H,22,23,24). The van der Waals surface area contributed by atoms with Gasteiger partial charge in [0.15, 0.2) is 0 Å². The molecule has 2 aromatic rings. The average Bonchev–Trinajstić information content (AvgIpc) is 2.62. The zero-order valence-electron chi connectivity index (χ0n) is 13.6. The number of carbonyl (C=O) groups excluding carboxylic acids is 2. The van der Waals surface area contributed by atoms with Crippen molar-refractivity contribution in [3.8, 4) is 0 Å². The number of benzene rings is 2.